The highest BCUT2D eigenvalue weighted by Crippen LogP contribution is 2.40. The van der Waals surface area contributed by atoms with Gasteiger partial charge in [-0.15, -0.1) is 0 Å². The van der Waals surface area contributed by atoms with Crippen molar-refractivity contribution in [3.05, 3.63) is 41.6 Å². The SMILES string of the molecule is O=C(O)CCCCCNC(=O)c1cc(C2CC2)nc2ccccc12. The van der Waals surface area contributed by atoms with E-state index in [1.165, 1.54) is 0 Å². The lowest BCUT2D eigenvalue weighted by Gasteiger charge is -2.10. The normalized spacial score (nSPS) is 13.8. The van der Waals surface area contributed by atoms with E-state index in [0.717, 1.165) is 42.3 Å². The highest BCUT2D eigenvalue weighted by Gasteiger charge is 2.26. The molecule has 24 heavy (non-hydrogen) atoms. The van der Waals surface area contributed by atoms with Crippen LogP contribution in [-0.2, 0) is 4.79 Å². The minimum absolute atomic E-state index is 0.0752. The number of carbonyl (C=O) groups is 2. The maximum atomic E-state index is 12.6. The van der Waals surface area contributed by atoms with E-state index >= 15 is 0 Å². The van der Waals surface area contributed by atoms with Crippen molar-refractivity contribution in [3.8, 4) is 0 Å². The van der Waals surface area contributed by atoms with Crippen LogP contribution in [0, 0.1) is 0 Å². The van der Waals surface area contributed by atoms with Crippen molar-refractivity contribution >= 4 is 22.8 Å². The molecule has 0 bridgehead atoms. The maximum absolute atomic E-state index is 12.6. The van der Waals surface area contributed by atoms with Crippen molar-refractivity contribution in [2.24, 2.45) is 0 Å². The molecule has 2 aromatic rings. The number of para-hydroxylation sites is 1. The summed E-state index contributed by atoms with van der Waals surface area (Å²) in [5.74, 6) is -0.346. The van der Waals surface area contributed by atoms with E-state index in [0.29, 0.717) is 24.4 Å². The van der Waals surface area contributed by atoms with Crippen molar-refractivity contribution in [3.63, 3.8) is 0 Å². The van der Waals surface area contributed by atoms with Crippen LogP contribution >= 0.6 is 0 Å². The number of carboxylic acid groups (broad SMARTS) is 1. The first-order valence-corrected chi connectivity index (χ1v) is 8.55. The van der Waals surface area contributed by atoms with Crippen molar-refractivity contribution < 1.29 is 14.7 Å². The number of pyridine rings is 1. The third kappa shape index (κ3) is 4.10. The zero-order chi connectivity index (χ0) is 16.9. The minimum atomic E-state index is -0.769. The Morgan fingerprint density at radius 2 is 1.96 bits per heavy atom. The Morgan fingerprint density at radius 3 is 2.71 bits per heavy atom. The summed E-state index contributed by atoms with van der Waals surface area (Å²) in [7, 11) is 0. The standard InChI is InChI=1S/C19H22N2O3/c22-18(23)8-2-1-5-11-20-19(24)15-12-17(13-9-10-13)21-16-7-4-3-6-14(15)16/h3-4,6-7,12-13H,1-2,5,8-11H2,(H,20,24)(H,22,23). The van der Waals surface area contributed by atoms with Crippen molar-refractivity contribution in [2.45, 2.75) is 44.4 Å². The largest absolute Gasteiger partial charge is 0.481 e. The molecule has 3 rings (SSSR count). The van der Waals surface area contributed by atoms with E-state index in [-0.39, 0.29) is 12.3 Å². The summed E-state index contributed by atoms with van der Waals surface area (Å²) >= 11 is 0. The molecule has 1 amide bonds. The number of unbranched alkanes of at least 4 members (excludes halogenated alkanes) is 2. The second-order valence-electron chi connectivity index (χ2n) is 6.35. The Hall–Kier alpha value is -2.43. The van der Waals surface area contributed by atoms with Gasteiger partial charge in [0.2, 0.25) is 0 Å². The molecular formula is C19H22N2O3. The fourth-order valence-electron chi connectivity index (χ4n) is 2.85. The van der Waals surface area contributed by atoms with Crippen LogP contribution in [0.1, 0.15) is 60.5 Å². The van der Waals surface area contributed by atoms with Gasteiger partial charge in [0.25, 0.3) is 5.91 Å². The Bertz CT molecular complexity index is 753. The Balaban J connectivity index is 1.64. The van der Waals surface area contributed by atoms with Crippen molar-refractivity contribution in [2.75, 3.05) is 6.54 Å². The van der Waals surface area contributed by atoms with Crippen molar-refractivity contribution in [1.82, 2.24) is 10.3 Å². The minimum Gasteiger partial charge on any atom is -0.481 e. The van der Waals surface area contributed by atoms with E-state index in [9.17, 15) is 9.59 Å². The van der Waals surface area contributed by atoms with Crippen LogP contribution in [0.3, 0.4) is 0 Å². The average Bonchev–Trinajstić information content (AvgIpc) is 3.41. The molecule has 1 aliphatic carbocycles. The lowest BCUT2D eigenvalue weighted by atomic mass is 10.1. The Morgan fingerprint density at radius 1 is 1.17 bits per heavy atom. The van der Waals surface area contributed by atoms with E-state index in [1.54, 1.807) is 0 Å². The smallest absolute Gasteiger partial charge is 0.303 e. The molecule has 0 radical (unpaired) electrons. The number of rotatable bonds is 8. The van der Waals surface area contributed by atoms with Gasteiger partial charge in [0.1, 0.15) is 0 Å². The van der Waals surface area contributed by atoms with Gasteiger partial charge in [-0.05, 0) is 37.8 Å². The zero-order valence-electron chi connectivity index (χ0n) is 13.6. The summed E-state index contributed by atoms with van der Waals surface area (Å²) in [6.45, 7) is 0.563. The monoisotopic (exact) mass is 326 g/mol. The van der Waals surface area contributed by atoms with Gasteiger partial charge in [0, 0.05) is 30.0 Å². The molecule has 5 heteroatoms. The number of benzene rings is 1. The number of fused-ring (bicyclic) bond motifs is 1. The number of hydrogen-bond acceptors (Lipinski definition) is 3. The van der Waals surface area contributed by atoms with Gasteiger partial charge >= 0.3 is 5.97 Å². The predicted octanol–water partition coefficient (Wildman–Crippen LogP) is 3.49. The first-order valence-electron chi connectivity index (χ1n) is 8.55. The van der Waals surface area contributed by atoms with Crippen molar-refractivity contribution in [1.29, 1.82) is 0 Å². The Kier molecular flexibility index (Phi) is 5.08. The Labute approximate surface area is 141 Å². The van der Waals surface area contributed by atoms with Crippen LogP contribution in [0.5, 0.6) is 0 Å². The number of nitrogens with zero attached hydrogens (tertiary/aromatic N) is 1. The number of aromatic nitrogens is 1. The van der Waals surface area contributed by atoms with Gasteiger partial charge in [-0.3, -0.25) is 14.6 Å². The lowest BCUT2D eigenvalue weighted by Crippen LogP contribution is -2.25. The van der Waals surface area contributed by atoms with E-state index < -0.39 is 5.97 Å². The van der Waals surface area contributed by atoms with E-state index in [2.05, 4.69) is 10.3 Å². The molecule has 1 aromatic carbocycles. The molecule has 1 aromatic heterocycles. The number of carboxylic acids is 1. The quantitative estimate of drug-likeness (QED) is 0.728. The molecule has 0 spiro atoms. The highest BCUT2D eigenvalue weighted by atomic mass is 16.4. The first kappa shape index (κ1) is 16.4. The molecule has 1 fully saturated rings. The van der Waals surface area contributed by atoms with Crippen LogP contribution in [0.15, 0.2) is 30.3 Å². The summed E-state index contributed by atoms with van der Waals surface area (Å²) < 4.78 is 0. The summed E-state index contributed by atoms with van der Waals surface area (Å²) in [6.07, 6.45) is 4.73. The third-order valence-corrected chi connectivity index (χ3v) is 4.33. The topological polar surface area (TPSA) is 79.3 Å². The summed E-state index contributed by atoms with van der Waals surface area (Å²) in [4.78, 5) is 27.7. The average molecular weight is 326 g/mol. The van der Waals surface area contributed by atoms with Gasteiger partial charge in [0.05, 0.1) is 11.1 Å². The predicted molar refractivity (Wildman–Crippen MR) is 92.2 cm³/mol. The summed E-state index contributed by atoms with van der Waals surface area (Å²) in [6, 6.07) is 9.67. The fraction of sp³-hybridized carbons (Fsp3) is 0.421. The number of carbonyl (C=O) groups excluding carboxylic acids is 1. The molecule has 1 saturated carbocycles. The van der Waals surface area contributed by atoms with Gasteiger partial charge in [-0.1, -0.05) is 24.6 Å². The molecule has 0 aliphatic heterocycles. The van der Waals surface area contributed by atoms with E-state index in [4.69, 9.17) is 5.11 Å². The molecule has 1 aliphatic rings. The lowest BCUT2D eigenvalue weighted by molar-refractivity contribution is -0.137. The number of aliphatic carboxylic acids is 1. The highest BCUT2D eigenvalue weighted by molar-refractivity contribution is 6.06. The third-order valence-electron chi connectivity index (χ3n) is 4.33. The zero-order valence-corrected chi connectivity index (χ0v) is 13.6. The molecular weight excluding hydrogens is 304 g/mol. The van der Waals surface area contributed by atoms with Crippen LogP contribution in [0.4, 0.5) is 0 Å². The molecule has 2 N–H and O–H groups in total. The van der Waals surface area contributed by atoms with Gasteiger partial charge < -0.3 is 10.4 Å². The molecule has 1 heterocycles. The molecule has 5 nitrogen and oxygen atoms in total. The molecule has 0 atom stereocenters. The van der Waals surface area contributed by atoms with Crippen LogP contribution < -0.4 is 5.32 Å². The van der Waals surface area contributed by atoms with Gasteiger partial charge in [-0.2, -0.15) is 0 Å². The van der Waals surface area contributed by atoms with Gasteiger partial charge in [0.15, 0.2) is 0 Å². The summed E-state index contributed by atoms with van der Waals surface area (Å²) in [5, 5.41) is 12.4. The molecule has 0 unspecified atom stereocenters. The molecule has 0 saturated heterocycles. The molecule has 126 valence electrons. The second kappa shape index (κ2) is 7.43. The fourth-order valence-corrected chi connectivity index (χ4v) is 2.85. The number of hydrogen-bond donors (Lipinski definition) is 2. The van der Waals surface area contributed by atoms with Crippen LogP contribution in [0.2, 0.25) is 0 Å². The summed E-state index contributed by atoms with van der Waals surface area (Å²) in [5.41, 5.74) is 2.57. The van der Waals surface area contributed by atoms with Crippen LogP contribution in [-0.4, -0.2) is 28.5 Å². The maximum Gasteiger partial charge on any atom is 0.303 e. The second-order valence-corrected chi connectivity index (χ2v) is 6.35. The number of nitrogens with one attached hydrogen (secondary N) is 1. The first-order chi connectivity index (χ1) is 11.6. The number of amides is 1. The van der Waals surface area contributed by atoms with E-state index in [1.807, 2.05) is 30.3 Å². The van der Waals surface area contributed by atoms with Crippen LogP contribution in [0.25, 0.3) is 10.9 Å². The van der Waals surface area contributed by atoms with Gasteiger partial charge in [-0.25, -0.2) is 0 Å².